The molecule has 0 spiro atoms. The van der Waals surface area contributed by atoms with E-state index >= 15 is 0 Å². The fraction of sp³-hybridized carbons (Fsp3) is 0.385. The maximum atomic E-state index is 11.7. The molecule has 0 atom stereocenters. The first-order valence-electron chi connectivity index (χ1n) is 5.78. The topological polar surface area (TPSA) is 87.7 Å². The minimum absolute atomic E-state index is 0.0999. The van der Waals surface area contributed by atoms with Gasteiger partial charge in [0.25, 0.3) is 0 Å². The standard InChI is InChI=1S/C13H18N2O4/c1-13(2,12(17)18)14-8-11(16)15-9-6-4-5-7-10(9)19-3/h4-7,14H,8H2,1-3H3,(H,15,16)(H,17,18). The monoisotopic (exact) mass is 266 g/mol. The number of nitrogens with one attached hydrogen (secondary N) is 2. The van der Waals surface area contributed by atoms with E-state index in [-0.39, 0.29) is 12.5 Å². The molecule has 1 amide bonds. The number of carbonyl (C=O) groups is 2. The Morgan fingerprint density at radius 1 is 1.32 bits per heavy atom. The molecule has 0 unspecified atom stereocenters. The summed E-state index contributed by atoms with van der Waals surface area (Å²) in [5.41, 5.74) is -0.608. The fourth-order valence-electron chi connectivity index (χ4n) is 1.32. The van der Waals surface area contributed by atoms with Crippen molar-refractivity contribution in [2.45, 2.75) is 19.4 Å². The van der Waals surface area contributed by atoms with Crippen molar-refractivity contribution >= 4 is 17.6 Å². The number of hydrogen-bond donors (Lipinski definition) is 3. The van der Waals surface area contributed by atoms with E-state index in [2.05, 4.69) is 10.6 Å². The number of carboxylic acids is 1. The van der Waals surface area contributed by atoms with Crippen LogP contribution >= 0.6 is 0 Å². The first-order valence-corrected chi connectivity index (χ1v) is 5.78. The second-order valence-electron chi connectivity index (χ2n) is 4.53. The number of methoxy groups -OCH3 is 1. The van der Waals surface area contributed by atoms with E-state index in [0.29, 0.717) is 11.4 Å². The third-order valence-electron chi connectivity index (χ3n) is 2.61. The summed E-state index contributed by atoms with van der Waals surface area (Å²) >= 11 is 0. The first kappa shape index (κ1) is 15.0. The number of rotatable bonds is 6. The molecule has 0 aromatic heterocycles. The summed E-state index contributed by atoms with van der Waals surface area (Å²) in [6.07, 6.45) is 0. The van der Waals surface area contributed by atoms with E-state index in [4.69, 9.17) is 9.84 Å². The van der Waals surface area contributed by atoms with Gasteiger partial charge in [-0.1, -0.05) is 12.1 Å². The molecule has 6 heteroatoms. The molecule has 3 N–H and O–H groups in total. The maximum Gasteiger partial charge on any atom is 0.323 e. The van der Waals surface area contributed by atoms with Gasteiger partial charge in [0.05, 0.1) is 19.3 Å². The Morgan fingerprint density at radius 3 is 2.53 bits per heavy atom. The van der Waals surface area contributed by atoms with Crippen molar-refractivity contribution < 1.29 is 19.4 Å². The molecule has 0 aliphatic carbocycles. The highest BCUT2D eigenvalue weighted by Crippen LogP contribution is 2.22. The van der Waals surface area contributed by atoms with Crippen LogP contribution in [0, 0.1) is 0 Å². The summed E-state index contributed by atoms with van der Waals surface area (Å²) < 4.78 is 5.10. The molecule has 0 aliphatic rings. The fourth-order valence-corrected chi connectivity index (χ4v) is 1.32. The average molecular weight is 266 g/mol. The van der Waals surface area contributed by atoms with Crippen molar-refractivity contribution in [3.8, 4) is 5.75 Å². The van der Waals surface area contributed by atoms with E-state index in [1.54, 1.807) is 24.3 Å². The van der Waals surface area contributed by atoms with Crippen molar-refractivity contribution in [2.75, 3.05) is 19.0 Å². The lowest BCUT2D eigenvalue weighted by molar-refractivity contribution is -0.143. The van der Waals surface area contributed by atoms with Crippen molar-refractivity contribution in [1.82, 2.24) is 5.32 Å². The summed E-state index contributed by atoms with van der Waals surface area (Å²) in [5, 5.41) is 14.2. The second-order valence-corrected chi connectivity index (χ2v) is 4.53. The normalized spacial score (nSPS) is 10.9. The zero-order chi connectivity index (χ0) is 14.5. The number of carboxylic acid groups (broad SMARTS) is 1. The Balaban J connectivity index is 2.59. The van der Waals surface area contributed by atoms with E-state index in [0.717, 1.165) is 0 Å². The maximum absolute atomic E-state index is 11.7. The SMILES string of the molecule is COc1ccccc1NC(=O)CNC(C)(C)C(=O)O. The molecule has 19 heavy (non-hydrogen) atoms. The van der Waals surface area contributed by atoms with E-state index < -0.39 is 11.5 Å². The van der Waals surface area contributed by atoms with Crippen LogP contribution in [0.2, 0.25) is 0 Å². The highest BCUT2D eigenvalue weighted by atomic mass is 16.5. The Kier molecular flexibility index (Phi) is 4.88. The molecule has 0 heterocycles. The molecule has 0 radical (unpaired) electrons. The Morgan fingerprint density at radius 2 is 1.95 bits per heavy atom. The smallest absolute Gasteiger partial charge is 0.323 e. The van der Waals surface area contributed by atoms with Crippen LogP contribution in [0.5, 0.6) is 5.75 Å². The Labute approximate surface area is 111 Å². The summed E-state index contributed by atoms with van der Waals surface area (Å²) in [6.45, 7) is 2.88. The molecule has 1 aromatic rings. The van der Waals surface area contributed by atoms with E-state index in [1.165, 1.54) is 21.0 Å². The van der Waals surface area contributed by atoms with Gasteiger partial charge in [-0.15, -0.1) is 0 Å². The number of benzene rings is 1. The number of carbonyl (C=O) groups excluding carboxylic acids is 1. The van der Waals surface area contributed by atoms with Gasteiger partial charge in [-0.3, -0.25) is 14.9 Å². The summed E-state index contributed by atoms with van der Waals surface area (Å²) in [4.78, 5) is 22.6. The molecule has 104 valence electrons. The highest BCUT2D eigenvalue weighted by Gasteiger charge is 2.26. The van der Waals surface area contributed by atoms with Crippen LogP contribution in [0.15, 0.2) is 24.3 Å². The van der Waals surface area contributed by atoms with Crippen molar-refractivity contribution in [3.05, 3.63) is 24.3 Å². The number of anilines is 1. The number of para-hydroxylation sites is 2. The van der Waals surface area contributed by atoms with Gasteiger partial charge in [-0.05, 0) is 26.0 Å². The molecule has 6 nitrogen and oxygen atoms in total. The molecule has 0 aliphatic heterocycles. The Hall–Kier alpha value is -2.08. The molecule has 1 aromatic carbocycles. The van der Waals surface area contributed by atoms with Crippen LogP contribution in [-0.2, 0) is 9.59 Å². The predicted molar refractivity (Wildman–Crippen MR) is 71.3 cm³/mol. The number of ether oxygens (including phenoxy) is 1. The molecule has 1 rings (SSSR count). The van der Waals surface area contributed by atoms with Gasteiger partial charge in [-0.2, -0.15) is 0 Å². The lowest BCUT2D eigenvalue weighted by Crippen LogP contribution is -2.49. The van der Waals surface area contributed by atoms with Gasteiger partial charge in [0.15, 0.2) is 0 Å². The average Bonchev–Trinajstić information content (AvgIpc) is 2.37. The van der Waals surface area contributed by atoms with E-state index in [9.17, 15) is 9.59 Å². The van der Waals surface area contributed by atoms with Gasteiger partial charge >= 0.3 is 5.97 Å². The molecular weight excluding hydrogens is 248 g/mol. The van der Waals surface area contributed by atoms with Crippen LogP contribution in [-0.4, -0.2) is 36.2 Å². The van der Waals surface area contributed by atoms with Gasteiger partial charge in [0.2, 0.25) is 5.91 Å². The number of amides is 1. The van der Waals surface area contributed by atoms with Crippen LogP contribution in [0.25, 0.3) is 0 Å². The quantitative estimate of drug-likeness (QED) is 0.717. The third-order valence-corrected chi connectivity index (χ3v) is 2.61. The summed E-state index contributed by atoms with van der Waals surface area (Å²) in [6, 6.07) is 7.00. The number of hydrogen-bond acceptors (Lipinski definition) is 4. The molecule has 0 fully saturated rings. The molecular formula is C13H18N2O4. The highest BCUT2D eigenvalue weighted by molar-refractivity contribution is 5.94. The lowest BCUT2D eigenvalue weighted by atomic mass is 10.1. The third kappa shape index (κ3) is 4.26. The zero-order valence-corrected chi connectivity index (χ0v) is 11.2. The molecule has 0 bridgehead atoms. The van der Waals surface area contributed by atoms with Crippen LogP contribution in [0.4, 0.5) is 5.69 Å². The Bertz CT molecular complexity index is 471. The van der Waals surface area contributed by atoms with Crippen LogP contribution < -0.4 is 15.4 Å². The van der Waals surface area contributed by atoms with E-state index in [1.807, 2.05) is 0 Å². The van der Waals surface area contributed by atoms with Gasteiger partial charge in [0.1, 0.15) is 11.3 Å². The van der Waals surface area contributed by atoms with Gasteiger partial charge < -0.3 is 15.2 Å². The molecule has 0 saturated carbocycles. The van der Waals surface area contributed by atoms with Crippen molar-refractivity contribution in [1.29, 1.82) is 0 Å². The predicted octanol–water partition coefficient (Wildman–Crippen LogP) is 1.09. The largest absolute Gasteiger partial charge is 0.495 e. The van der Waals surface area contributed by atoms with Crippen LogP contribution in [0.3, 0.4) is 0 Å². The number of aliphatic carboxylic acids is 1. The summed E-state index contributed by atoms with van der Waals surface area (Å²) in [7, 11) is 1.51. The molecule has 0 saturated heterocycles. The lowest BCUT2D eigenvalue weighted by Gasteiger charge is -2.20. The van der Waals surface area contributed by atoms with Crippen molar-refractivity contribution in [2.24, 2.45) is 0 Å². The first-order chi connectivity index (χ1) is 8.86. The minimum Gasteiger partial charge on any atom is -0.495 e. The van der Waals surface area contributed by atoms with Crippen LogP contribution in [0.1, 0.15) is 13.8 Å². The second kappa shape index (κ2) is 6.19. The van der Waals surface area contributed by atoms with Gasteiger partial charge in [-0.25, -0.2) is 0 Å². The minimum atomic E-state index is -1.15. The van der Waals surface area contributed by atoms with Crippen molar-refractivity contribution in [3.63, 3.8) is 0 Å². The van der Waals surface area contributed by atoms with Gasteiger partial charge in [0, 0.05) is 0 Å². The summed E-state index contributed by atoms with van der Waals surface area (Å²) in [5.74, 6) is -0.801. The zero-order valence-electron chi connectivity index (χ0n) is 11.2.